The van der Waals surface area contributed by atoms with Crippen LogP contribution in [0.5, 0.6) is 17.2 Å². The summed E-state index contributed by atoms with van der Waals surface area (Å²) in [6, 6.07) is 11.9. The quantitative estimate of drug-likeness (QED) is 0.324. The number of ketones is 1. The van der Waals surface area contributed by atoms with Crippen LogP contribution in [0.4, 0.5) is 0 Å². The summed E-state index contributed by atoms with van der Waals surface area (Å²) in [5, 5.41) is 0. The minimum Gasteiger partial charge on any atom is -0.496 e. The summed E-state index contributed by atoms with van der Waals surface area (Å²) >= 11 is 0. The molecule has 5 heteroatoms. The first-order valence-electron chi connectivity index (χ1n) is 8.52. The first-order valence-corrected chi connectivity index (χ1v) is 8.52. The largest absolute Gasteiger partial charge is 0.496 e. The lowest BCUT2D eigenvalue weighted by Crippen LogP contribution is -2.25. The molecular weight excluding hydrogens is 344 g/mol. The molecule has 2 aromatic rings. The lowest BCUT2D eigenvalue weighted by molar-refractivity contribution is -0.142. The lowest BCUT2D eigenvalue weighted by atomic mass is 9.97. The van der Waals surface area contributed by atoms with Gasteiger partial charge in [-0.25, -0.2) is 0 Å². The van der Waals surface area contributed by atoms with Crippen LogP contribution < -0.4 is 14.2 Å². The Morgan fingerprint density at radius 3 is 1.93 bits per heavy atom. The highest BCUT2D eigenvalue weighted by atomic mass is 16.5. The molecule has 0 heterocycles. The molecule has 0 spiro atoms. The number of rotatable bonds is 6. The normalized spacial score (nSPS) is 11.3. The molecule has 2 aromatic carbocycles. The molecule has 5 nitrogen and oxygen atoms in total. The third-order valence-electron chi connectivity index (χ3n) is 3.83. The van der Waals surface area contributed by atoms with Gasteiger partial charge in [0.15, 0.2) is 5.78 Å². The van der Waals surface area contributed by atoms with Crippen LogP contribution in [0, 0.1) is 5.41 Å². The molecule has 0 aliphatic rings. The summed E-state index contributed by atoms with van der Waals surface area (Å²) in [7, 11) is 3.12. The standard InChI is InChI=1S/C22H24O5/c1-22(2,3)21(24)27-16-11-9-15(10-12-16)18(23)14-13-17-19(25-4)7-6-8-20(17)26-5/h6-14H,1-5H3/b14-13+. The van der Waals surface area contributed by atoms with Crippen LogP contribution in [0.15, 0.2) is 48.5 Å². The maximum atomic E-state index is 12.4. The van der Waals surface area contributed by atoms with Gasteiger partial charge in [-0.1, -0.05) is 6.07 Å². The van der Waals surface area contributed by atoms with Gasteiger partial charge in [0.1, 0.15) is 17.2 Å². The number of hydrogen-bond acceptors (Lipinski definition) is 5. The van der Waals surface area contributed by atoms with E-state index in [1.165, 1.54) is 6.08 Å². The highest BCUT2D eigenvalue weighted by Crippen LogP contribution is 2.29. The van der Waals surface area contributed by atoms with Gasteiger partial charge in [0.25, 0.3) is 0 Å². The van der Waals surface area contributed by atoms with E-state index in [0.29, 0.717) is 28.4 Å². The molecule has 0 amide bonds. The van der Waals surface area contributed by atoms with E-state index < -0.39 is 5.41 Å². The molecular formula is C22H24O5. The van der Waals surface area contributed by atoms with Gasteiger partial charge >= 0.3 is 5.97 Å². The summed E-state index contributed by atoms with van der Waals surface area (Å²) in [6.45, 7) is 5.35. The van der Waals surface area contributed by atoms with Gasteiger partial charge in [-0.15, -0.1) is 0 Å². The molecule has 142 valence electrons. The maximum absolute atomic E-state index is 12.4. The van der Waals surface area contributed by atoms with Gasteiger partial charge in [0, 0.05) is 5.56 Å². The molecule has 0 aromatic heterocycles. The van der Waals surface area contributed by atoms with Crippen molar-refractivity contribution in [2.45, 2.75) is 20.8 Å². The van der Waals surface area contributed by atoms with Crippen molar-refractivity contribution in [2.24, 2.45) is 5.41 Å². The van der Waals surface area contributed by atoms with Crippen molar-refractivity contribution in [2.75, 3.05) is 14.2 Å². The van der Waals surface area contributed by atoms with Crippen LogP contribution in [0.25, 0.3) is 6.08 Å². The van der Waals surface area contributed by atoms with Gasteiger partial charge in [-0.2, -0.15) is 0 Å². The van der Waals surface area contributed by atoms with E-state index in [-0.39, 0.29) is 11.8 Å². The van der Waals surface area contributed by atoms with Crippen molar-refractivity contribution in [1.29, 1.82) is 0 Å². The van der Waals surface area contributed by atoms with Crippen molar-refractivity contribution in [3.05, 3.63) is 59.7 Å². The minimum atomic E-state index is -0.592. The zero-order valence-corrected chi connectivity index (χ0v) is 16.2. The molecule has 0 aliphatic heterocycles. The second-order valence-electron chi connectivity index (χ2n) is 6.94. The van der Waals surface area contributed by atoms with Crippen molar-refractivity contribution >= 4 is 17.8 Å². The van der Waals surface area contributed by atoms with E-state index in [2.05, 4.69) is 0 Å². The zero-order valence-electron chi connectivity index (χ0n) is 16.2. The Hall–Kier alpha value is -3.08. The Kier molecular flexibility index (Phi) is 6.40. The van der Waals surface area contributed by atoms with Gasteiger partial charge < -0.3 is 14.2 Å². The first kappa shape index (κ1) is 20.2. The fraction of sp³-hybridized carbons (Fsp3) is 0.273. The summed E-state index contributed by atoms with van der Waals surface area (Å²) in [4.78, 5) is 24.3. The summed E-state index contributed by atoms with van der Waals surface area (Å²) in [6.07, 6.45) is 3.12. The predicted molar refractivity (Wildman–Crippen MR) is 104 cm³/mol. The van der Waals surface area contributed by atoms with Crippen molar-refractivity contribution in [1.82, 2.24) is 0 Å². The average molecular weight is 368 g/mol. The van der Waals surface area contributed by atoms with E-state index in [4.69, 9.17) is 14.2 Å². The van der Waals surface area contributed by atoms with Crippen LogP contribution in [-0.2, 0) is 4.79 Å². The number of esters is 1. The van der Waals surface area contributed by atoms with E-state index in [0.717, 1.165) is 0 Å². The number of ether oxygens (including phenoxy) is 3. The van der Waals surface area contributed by atoms with Crippen molar-refractivity contribution < 1.29 is 23.8 Å². The Morgan fingerprint density at radius 1 is 0.889 bits per heavy atom. The van der Waals surface area contributed by atoms with Crippen LogP contribution in [0.3, 0.4) is 0 Å². The molecule has 0 fully saturated rings. The fourth-order valence-corrected chi connectivity index (χ4v) is 2.25. The van der Waals surface area contributed by atoms with E-state index in [1.807, 2.05) is 6.07 Å². The Bertz CT molecular complexity index is 820. The molecule has 0 aliphatic carbocycles. The number of carbonyl (C=O) groups excluding carboxylic acids is 2. The van der Waals surface area contributed by atoms with Crippen molar-refractivity contribution in [3.8, 4) is 17.2 Å². The van der Waals surface area contributed by atoms with Gasteiger partial charge in [-0.05, 0) is 69.3 Å². The Morgan fingerprint density at radius 2 is 1.44 bits per heavy atom. The molecule has 0 radical (unpaired) electrons. The first-order chi connectivity index (χ1) is 12.8. The minimum absolute atomic E-state index is 0.184. The second kappa shape index (κ2) is 8.54. The van der Waals surface area contributed by atoms with E-state index in [1.54, 1.807) is 77.5 Å². The molecule has 0 unspecified atom stereocenters. The van der Waals surface area contributed by atoms with Gasteiger partial charge in [-0.3, -0.25) is 9.59 Å². The number of allylic oxidation sites excluding steroid dienone is 1. The molecule has 27 heavy (non-hydrogen) atoms. The van der Waals surface area contributed by atoms with Gasteiger partial charge in [0.2, 0.25) is 0 Å². The number of carbonyl (C=O) groups is 2. The molecule has 0 saturated carbocycles. The fourth-order valence-electron chi connectivity index (χ4n) is 2.25. The summed E-state index contributed by atoms with van der Waals surface area (Å²) < 4.78 is 15.9. The topological polar surface area (TPSA) is 61.8 Å². The summed E-state index contributed by atoms with van der Waals surface area (Å²) in [5.74, 6) is 1.12. The molecule has 0 saturated heterocycles. The second-order valence-corrected chi connectivity index (χ2v) is 6.94. The molecule has 0 N–H and O–H groups in total. The molecule has 2 rings (SSSR count). The third-order valence-corrected chi connectivity index (χ3v) is 3.83. The highest BCUT2D eigenvalue weighted by Gasteiger charge is 2.23. The smallest absolute Gasteiger partial charge is 0.316 e. The van der Waals surface area contributed by atoms with Crippen LogP contribution in [-0.4, -0.2) is 26.0 Å². The van der Waals surface area contributed by atoms with Crippen LogP contribution in [0.1, 0.15) is 36.7 Å². The molecule has 0 bridgehead atoms. The van der Waals surface area contributed by atoms with E-state index in [9.17, 15) is 9.59 Å². The lowest BCUT2D eigenvalue weighted by Gasteiger charge is -2.16. The number of methoxy groups -OCH3 is 2. The predicted octanol–water partition coefficient (Wildman–Crippen LogP) is 4.55. The Labute approximate surface area is 159 Å². The number of hydrogen-bond donors (Lipinski definition) is 0. The number of benzene rings is 2. The monoisotopic (exact) mass is 368 g/mol. The highest BCUT2D eigenvalue weighted by molar-refractivity contribution is 6.07. The summed E-state index contributed by atoms with van der Waals surface area (Å²) in [5.41, 5.74) is 0.577. The molecule has 0 atom stereocenters. The average Bonchev–Trinajstić information content (AvgIpc) is 2.65. The third kappa shape index (κ3) is 5.20. The Balaban J connectivity index is 2.15. The van der Waals surface area contributed by atoms with Crippen LogP contribution in [0.2, 0.25) is 0 Å². The van der Waals surface area contributed by atoms with E-state index >= 15 is 0 Å². The SMILES string of the molecule is COc1cccc(OC)c1/C=C/C(=O)c1ccc(OC(=O)C(C)(C)C)cc1. The zero-order chi connectivity index (χ0) is 20.0. The van der Waals surface area contributed by atoms with Crippen LogP contribution >= 0.6 is 0 Å². The maximum Gasteiger partial charge on any atom is 0.316 e. The van der Waals surface area contributed by atoms with Crippen molar-refractivity contribution in [3.63, 3.8) is 0 Å². The van der Waals surface area contributed by atoms with Gasteiger partial charge in [0.05, 0.1) is 25.2 Å².